The normalized spacial score (nSPS) is 19.9. The van der Waals surface area contributed by atoms with Crippen molar-refractivity contribution in [1.29, 1.82) is 0 Å². The van der Waals surface area contributed by atoms with Crippen LogP contribution in [0.5, 0.6) is 0 Å². The highest BCUT2D eigenvalue weighted by molar-refractivity contribution is 6.31. The Balaban J connectivity index is 2.07. The SMILES string of the molecule is CC(C)CC[C@]1(C)NC(=O)N(CC(=O)Nc2ccc(Cl)c(C(F)(F)F)c2)C1=O. The maximum Gasteiger partial charge on any atom is 0.417 e. The summed E-state index contributed by atoms with van der Waals surface area (Å²) >= 11 is 5.54. The van der Waals surface area contributed by atoms with Gasteiger partial charge in [-0.2, -0.15) is 13.2 Å². The lowest BCUT2D eigenvalue weighted by Crippen LogP contribution is -2.44. The number of nitrogens with zero attached hydrogens (tertiary/aromatic N) is 1. The first-order valence-corrected chi connectivity index (χ1v) is 9.02. The number of carbonyl (C=O) groups excluding carboxylic acids is 3. The monoisotopic (exact) mass is 419 g/mol. The average molecular weight is 420 g/mol. The minimum Gasteiger partial charge on any atom is -0.325 e. The molecule has 0 radical (unpaired) electrons. The van der Waals surface area contributed by atoms with Crippen LogP contribution in [0.3, 0.4) is 0 Å². The van der Waals surface area contributed by atoms with Crippen LogP contribution in [0.2, 0.25) is 5.02 Å². The van der Waals surface area contributed by atoms with Crippen LogP contribution in [0.4, 0.5) is 23.7 Å². The molecular formula is C18H21ClF3N3O3. The van der Waals surface area contributed by atoms with Crippen molar-refractivity contribution >= 4 is 35.1 Å². The van der Waals surface area contributed by atoms with Gasteiger partial charge in [0.15, 0.2) is 0 Å². The number of hydrogen-bond acceptors (Lipinski definition) is 3. The summed E-state index contributed by atoms with van der Waals surface area (Å²) in [5.41, 5.74) is -2.34. The molecule has 0 aliphatic carbocycles. The van der Waals surface area contributed by atoms with Crippen molar-refractivity contribution in [1.82, 2.24) is 10.2 Å². The van der Waals surface area contributed by atoms with E-state index in [2.05, 4.69) is 10.6 Å². The van der Waals surface area contributed by atoms with Crippen molar-refractivity contribution in [2.75, 3.05) is 11.9 Å². The van der Waals surface area contributed by atoms with Gasteiger partial charge >= 0.3 is 12.2 Å². The zero-order valence-electron chi connectivity index (χ0n) is 15.6. The van der Waals surface area contributed by atoms with Crippen LogP contribution in [0, 0.1) is 5.92 Å². The Bertz CT molecular complexity index is 798. The lowest BCUT2D eigenvalue weighted by molar-refractivity contribution is -0.137. The highest BCUT2D eigenvalue weighted by Gasteiger charge is 2.47. The van der Waals surface area contributed by atoms with Gasteiger partial charge in [-0.25, -0.2) is 4.79 Å². The number of carbonyl (C=O) groups is 3. The number of rotatable bonds is 6. The number of amides is 4. The zero-order chi connectivity index (χ0) is 21.3. The van der Waals surface area contributed by atoms with E-state index in [0.29, 0.717) is 24.8 Å². The van der Waals surface area contributed by atoms with E-state index in [-0.39, 0.29) is 5.69 Å². The molecule has 0 unspecified atom stereocenters. The Labute approximate surface area is 165 Å². The molecule has 2 rings (SSSR count). The van der Waals surface area contributed by atoms with E-state index in [0.717, 1.165) is 11.0 Å². The second kappa shape index (κ2) is 7.98. The van der Waals surface area contributed by atoms with Crippen LogP contribution in [0.25, 0.3) is 0 Å². The van der Waals surface area contributed by atoms with Gasteiger partial charge in [0.05, 0.1) is 10.6 Å². The van der Waals surface area contributed by atoms with Crippen LogP contribution in [-0.4, -0.2) is 34.8 Å². The highest BCUT2D eigenvalue weighted by Crippen LogP contribution is 2.36. The van der Waals surface area contributed by atoms with E-state index < -0.39 is 46.7 Å². The minimum atomic E-state index is -4.68. The molecule has 0 aromatic heterocycles. The van der Waals surface area contributed by atoms with Gasteiger partial charge in [0, 0.05) is 5.69 Å². The fraction of sp³-hybridized carbons (Fsp3) is 0.500. The smallest absolute Gasteiger partial charge is 0.325 e. The first-order valence-electron chi connectivity index (χ1n) is 8.64. The summed E-state index contributed by atoms with van der Waals surface area (Å²) in [6, 6.07) is 2.20. The first kappa shape index (κ1) is 22.0. The lowest BCUT2D eigenvalue weighted by atomic mass is 9.92. The van der Waals surface area contributed by atoms with Crippen LogP contribution in [0.15, 0.2) is 18.2 Å². The van der Waals surface area contributed by atoms with Gasteiger partial charge in [0.25, 0.3) is 5.91 Å². The van der Waals surface area contributed by atoms with E-state index in [9.17, 15) is 27.6 Å². The predicted octanol–water partition coefficient (Wildman–Crippen LogP) is 4.04. The molecule has 1 saturated heterocycles. The van der Waals surface area contributed by atoms with Crippen molar-refractivity contribution in [2.45, 2.75) is 45.3 Å². The summed E-state index contributed by atoms with van der Waals surface area (Å²) in [6.45, 7) is 4.95. The Hall–Kier alpha value is -2.29. The van der Waals surface area contributed by atoms with E-state index in [1.807, 2.05) is 13.8 Å². The molecule has 1 fully saturated rings. The zero-order valence-corrected chi connectivity index (χ0v) is 16.4. The number of urea groups is 1. The molecule has 1 aromatic rings. The van der Waals surface area contributed by atoms with Gasteiger partial charge in [-0.05, 0) is 43.9 Å². The summed E-state index contributed by atoms with van der Waals surface area (Å²) in [5, 5.41) is 4.34. The van der Waals surface area contributed by atoms with Gasteiger partial charge in [0.1, 0.15) is 12.1 Å². The van der Waals surface area contributed by atoms with Crippen LogP contribution in [0.1, 0.15) is 39.2 Å². The fourth-order valence-corrected chi connectivity index (χ4v) is 3.03. The standard InChI is InChI=1S/C18H21ClF3N3O3/c1-10(2)6-7-17(3)15(27)25(16(28)24-17)9-14(26)23-11-4-5-13(19)12(8-11)18(20,21)22/h4-5,8,10H,6-7,9H2,1-3H3,(H,23,26)(H,24,28)/t17-/m0/s1. The second-order valence-corrected chi connectivity index (χ2v) is 7.73. The second-order valence-electron chi connectivity index (χ2n) is 7.33. The molecule has 2 N–H and O–H groups in total. The molecule has 1 aliphatic rings. The summed E-state index contributed by atoms with van der Waals surface area (Å²) in [6.07, 6.45) is -3.56. The van der Waals surface area contributed by atoms with Gasteiger partial charge in [-0.3, -0.25) is 14.5 Å². The van der Waals surface area contributed by atoms with Gasteiger partial charge in [-0.1, -0.05) is 25.4 Å². The van der Waals surface area contributed by atoms with E-state index in [4.69, 9.17) is 11.6 Å². The molecule has 0 saturated carbocycles. The van der Waals surface area contributed by atoms with Crippen LogP contribution < -0.4 is 10.6 Å². The Morgan fingerprint density at radius 3 is 2.54 bits per heavy atom. The fourth-order valence-electron chi connectivity index (χ4n) is 2.80. The van der Waals surface area contributed by atoms with Crippen molar-refractivity contribution in [2.24, 2.45) is 5.92 Å². The third-order valence-electron chi connectivity index (χ3n) is 4.42. The molecule has 4 amide bonds. The molecule has 0 bridgehead atoms. The van der Waals surface area contributed by atoms with Crippen molar-refractivity contribution in [3.63, 3.8) is 0 Å². The van der Waals surface area contributed by atoms with E-state index >= 15 is 0 Å². The third-order valence-corrected chi connectivity index (χ3v) is 4.75. The number of benzene rings is 1. The molecular weight excluding hydrogens is 399 g/mol. The maximum atomic E-state index is 12.9. The molecule has 1 aromatic carbocycles. The Morgan fingerprint density at radius 1 is 1.32 bits per heavy atom. The van der Waals surface area contributed by atoms with Crippen LogP contribution in [-0.2, 0) is 15.8 Å². The van der Waals surface area contributed by atoms with E-state index in [1.165, 1.54) is 6.07 Å². The molecule has 1 heterocycles. The van der Waals surface area contributed by atoms with Gasteiger partial charge < -0.3 is 10.6 Å². The first-order chi connectivity index (χ1) is 12.8. The highest BCUT2D eigenvalue weighted by atomic mass is 35.5. The Morgan fingerprint density at radius 2 is 1.96 bits per heavy atom. The van der Waals surface area contributed by atoms with Gasteiger partial charge in [0.2, 0.25) is 5.91 Å². The third kappa shape index (κ3) is 4.95. The molecule has 28 heavy (non-hydrogen) atoms. The lowest BCUT2D eigenvalue weighted by Gasteiger charge is -2.22. The number of halogens is 4. The van der Waals surface area contributed by atoms with E-state index in [1.54, 1.807) is 6.92 Å². The number of alkyl halides is 3. The Kier molecular flexibility index (Phi) is 6.27. The largest absolute Gasteiger partial charge is 0.417 e. The number of nitrogens with one attached hydrogen (secondary N) is 2. The summed E-state index contributed by atoms with van der Waals surface area (Å²) < 4.78 is 38.7. The molecule has 0 spiro atoms. The quantitative estimate of drug-likeness (QED) is 0.683. The molecule has 10 heteroatoms. The molecule has 6 nitrogen and oxygen atoms in total. The predicted molar refractivity (Wildman–Crippen MR) is 97.8 cm³/mol. The summed E-state index contributed by atoms with van der Waals surface area (Å²) in [7, 11) is 0. The number of hydrogen-bond donors (Lipinski definition) is 2. The number of anilines is 1. The van der Waals surface area contributed by atoms with Gasteiger partial charge in [-0.15, -0.1) is 0 Å². The topological polar surface area (TPSA) is 78.5 Å². The number of imide groups is 1. The van der Waals surface area contributed by atoms with Crippen LogP contribution >= 0.6 is 11.6 Å². The summed E-state index contributed by atoms with van der Waals surface area (Å²) in [4.78, 5) is 37.6. The van der Waals surface area contributed by atoms with Crippen molar-refractivity contribution in [3.8, 4) is 0 Å². The minimum absolute atomic E-state index is 0.142. The molecule has 1 atom stereocenters. The average Bonchev–Trinajstić information content (AvgIpc) is 2.77. The maximum absolute atomic E-state index is 12.9. The summed E-state index contributed by atoms with van der Waals surface area (Å²) in [5.74, 6) is -1.01. The van der Waals surface area contributed by atoms with Crippen molar-refractivity contribution < 1.29 is 27.6 Å². The molecule has 1 aliphatic heterocycles. The molecule has 154 valence electrons. The van der Waals surface area contributed by atoms with Crippen molar-refractivity contribution in [3.05, 3.63) is 28.8 Å².